The van der Waals surface area contributed by atoms with Gasteiger partial charge in [-0.15, -0.1) is 12.4 Å². The van der Waals surface area contributed by atoms with Crippen LogP contribution in [0.3, 0.4) is 0 Å². The van der Waals surface area contributed by atoms with Crippen LogP contribution in [-0.4, -0.2) is 28.2 Å². The van der Waals surface area contributed by atoms with Crippen molar-refractivity contribution in [1.82, 2.24) is 4.90 Å². The minimum atomic E-state index is -0.440. The van der Waals surface area contributed by atoms with E-state index in [2.05, 4.69) is 4.90 Å². The first kappa shape index (κ1) is 16.6. The van der Waals surface area contributed by atoms with Gasteiger partial charge >= 0.3 is 5.63 Å². The zero-order valence-electron chi connectivity index (χ0n) is 12.5. The lowest BCUT2D eigenvalue weighted by Crippen LogP contribution is -2.29. The number of aryl methyl sites for hydroxylation is 1. The van der Waals surface area contributed by atoms with Gasteiger partial charge in [0, 0.05) is 18.0 Å². The Labute approximate surface area is 134 Å². The third kappa shape index (κ3) is 3.05. The summed E-state index contributed by atoms with van der Waals surface area (Å²) in [5.74, 6) is -0.367. The van der Waals surface area contributed by atoms with E-state index in [0.717, 1.165) is 31.5 Å². The van der Waals surface area contributed by atoms with Crippen molar-refractivity contribution in [2.45, 2.75) is 32.7 Å². The number of halogens is 1. The molecule has 0 unspecified atom stereocenters. The SMILES string of the molecule is Cc1cc(=O)oc2c(CN3CCCCC3)c(O)c(O)cc12.Cl. The first-order chi connectivity index (χ1) is 10.1. The van der Waals surface area contributed by atoms with E-state index < -0.39 is 5.63 Å². The molecule has 2 N–H and O–H groups in total. The van der Waals surface area contributed by atoms with Crippen LogP contribution in [0, 0.1) is 6.92 Å². The molecule has 0 bridgehead atoms. The molecule has 6 heteroatoms. The van der Waals surface area contributed by atoms with Crippen LogP contribution >= 0.6 is 12.4 Å². The number of hydrogen-bond acceptors (Lipinski definition) is 5. The highest BCUT2D eigenvalue weighted by Gasteiger charge is 2.20. The van der Waals surface area contributed by atoms with E-state index >= 15 is 0 Å². The quantitative estimate of drug-likeness (QED) is 0.656. The fourth-order valence-corrected chi connectivity index (χ4v) is 2.98. The zero-order chi connectivity index (χ0) is 15.0. The van der Waals surface area contributed by atoms with Crippen molar-refractivity contribution < 1.29 is 14.6 Å². The second-order valence-corrected chi connectivity index (χ2v) is 5.68. The van der Waals surface area contributed by atoms with Crippen LogP contribution in [-0.2, 0) is 6.54 Å². The van der Waals surface area contributed by atoms with E-state index in [0.29, 0.717) is 23.1 Å². The number of fused-ring (bicyclic) bond motifs is 1. The van der Waals surface area contributed by atoms with Crippen molar-refractivity contribution >= 4 is 23.4 Å². The fraction of sp³-hybridized carbons (Fsp3) is 0.438. The topological polar surface area (TPSA) is 73.9 Å². The normalized spacial score (nSPS) is 15.7. The van der Waals surface area contributed by atoms with Crippen LogP contribution in [0.1, 0.15) is 30.4 Å². The smallest absolute Gasteiger partial charge is 0.336 e. The summed E-state index contributed by atoms with van der Waals surface area (Å²) in [6.07, 6.45) is 3.47. The van der Waals surface area contributed by atoms with Gasteiger partial charge in [0.25, 0.3) is 0 Å². The number of hydrogen-bond donors (Lipinski definition) is 2. The summed E-state index contributed by atoms with van der Waals surface area (Å²) in [4.78, 5) is 13.8. The predicted octanol–water partition coefficient (Wildman–Crippen LogP) is 2.92. The third-order valence-corrected chi connectivity index (χ3v) is 4.12. The fourth-order valence-electron chi connectivity index (χ4n) is 2.98. The van der Waals surface area contributed by atoms with Gasteiger partial charge in [-0.05, 0) is 44.5 Å². The molecule has 2 aromatic rings. The lowest BCUT2D eigenvalue weighted by molar-refractivity contribution is 0.218. The average Bonchev–Trinajstić information content (AvgIpc) is 2.46. The van der Waals surface area contributed by atoms with E-state index in [9.17, 15) is 15.0 Å². The van der Waals surface area contributed by atoms with Crippen LogP contribution < -0.4 is 5.63 Å². The monoisotopic (exact) mass is 325 g/mol. The summed E-state index contributed by atoms with van der Waals surface area (Å²) in [5.41, 5.74) is 1.16. The Morgan fingerprint density at radius 2 is 1.86 bits per heavy atom. The van der Waals surface area contributed by atoms with Gasteiger partial charge in [-0.2, -0.15) is 0 Å². The van der Waals surface area contributed by atoms with Gasteiger partial charge in [0.1, 0.15) is 5.58 Å². The lowest BCUT2D eigenvalue weighted by atomic mass is 10.0. The van der Waals surface area contributed by atoms with Crippen LogP contribution in [0.25, 0.3) is 11.0 Å². The molecule has 0 amide bonds. The molecular formula is C16H20ClNO4. The van der Waals surface area contributed by atoms with Gasteiger partial charge in [-0.25, -0.2) is 4.79 Å². The maximum atomic E-state index is 11.6. The highest BCUT2D eigenvalue weighted by atomic mass is 35.5. The molecule has 1 saturated heterocycles. The number of phenols is 2. The molecule has 0 radical (unpaired) electrons. The number of aromatic hydroxyl groups is 2. The van der Waals surface area contributed by atoms with Crippen molar-refractivity contribution in [2.75, 3.05) is 13.1 Å². The number of nitrogens with zero attached hydrogens (tertiary/aromatic N) is 1. The number of piperidine rings is 1. The van der Waals surface area contributed by atoms with E-state index in [-0.39, 0.29) is 23.9 Å². The Balaban J connectivity index is 0.00000176. The van der Waals surface area contributed by atoms with Crippen LogP contribution in [0.2, 0.25) is 0 Å². The molecule has 1 aliphatic heterocycles. The molecule has 5 nitrogen and oxygen atoms in total. The van der Waals surface area contributed by atoms with Gasteiger partial charge in [0.2, 0.25) is 0 Å². The molecule has 2 heterocycles. The van der Waals surface area contributed by atoms with Crippen molar-refractivity contribution in [1.29, 1.82) is 0 Å². The van der Waals surface area contributed by atoms with Gasteiger partial charge in [-0.3, -0.25) is 4.90 Å². The Bertz CT molecular complexity index is 735. The van der Waals surface area contributed by atoms with Crippen molar-refractivity contribution in [3.05, 3.63) is 33.7 Å². The van der Waals surface area contributed by atoms with Crippen LogP contribution in [0.15, 0.2) is 21.3 Å². The highest BCUT2D eigenvalue weighted by Crippen LogP contribution is 2.37. The molecule has 0 spiro atoms. The van der Waals surface area contributed by atoms with Gasteiger partial charge in [-0.1, -0.05) is 6.42 Å². The predicted molar refractivity (Wildman–Crippen MR) is 86.9 cm³/mol. The van der Waals surface area contributed by atoms with Gasteiger partial charge in [0.05, 0.1) is 5.56 Å². The zero-order valence-corrected chi connectivity index (χ0v) is 13.3. The third-order valence-electron chi connectivity index (χ3n) is 4.12. The van der Waals surface area contributed by atoms with E-state index in [4.69, 9.17) is 4.42 Å². The molecule has 0 saturated carbocycles. The summed E-state index contributed by atoms with van der Waals surface area (Å²) in [7, 11) is 0. The Kier molecular flexibility index (Phi) is 4.98. The molecule has 120 valence electrons. The van der Waals surface area contributed by atoms with E-state index in [1.807, 2.05) is 0 Å². The van der Waals surface area contributed by atoms with Gasteiger partial charge in [0.15, 0.2) is 11.5 Å². The molecule has 1 aromatic carbocycles. The molecular weight excluding hydrogens is 306 g/mol. The highest BCUT2D eigenvalue weighted by molar-refractivity contribution is 5.87. The van der Waals surface area contributed by atoms with Gasteiger partial charge < -0.3 is 14.6 Å². The van der Waals surface area contributed by atoms with Crippen molar-refractivity contribution in [3.8, 4) is 11.5 Å². The van der Waals surface area contributed by atoms with Crippen LogP contribution in [0.4, 0.5) is 0 Å². The minimum Gasteiger partial charge on any atom is -0.504 e. The van der Waals surface area contributed by atoms with Crippen molar-refractivity contribution in [3.63, 3.8) is 0 Å². The lowest BCUT2D eigenvalue weighted by Gasteiger charge is -2.27. The maximum absolute atomic E-state index is 11.6. The first-order valence-electron chi connectivity index (χ1n) is 7.27. The summed E-state index contributed by atoms with van der Waals surface area (Å²) in [6.45, 7) is 4.17. The average molecular weight is 326 g/mol. The number of phenolic OH excluding ortho intramolecular Hbond substituents is 2. The number of benzene rings is 1. The Morgan fingerprint density at radius 1 is 1.18 bits per heavy atom. The summed E-state index contributed by atoms with van der Waals surface area (Å²) < 4.78 is 5.30. The summed E-state index contributed by atoms with van der Waals surface area (Å²) in [5, 5.41) is 20.8. The summed E-state index contributed by atoms with van der Waals surface area (Å²) >= 11 is 0. The largest absolute Gasteiger partial charge is 0.504 e. The number of likely N-dealkylation sites (tertiary alicyclic amines) is 1. The first-order valence-corrected chi connectivity index (χ1v) is 7.27. The number of rotatable bonds is 2. The van der Waals surface area contributed by atoms with Crippen LogP contribution in [0.5, 0.6) is 11.5 Å². The molecule has 0 atom stereocenters. The molecule has 1 fully saturated rings. The molecule has 22 heavy (non-hydrogen) atoms. The minimum absolute atomic E-state index is 0. The summed E-state index contributed by atoms with van der Waals surface area (Å²) in [6, 6.07) is 2.84. The maximum Gasteiger partial charge on any atom is 0.336 e. The van der Waals surface area contributed by atoms with Crippen molar-refractivity contribution in [2.24, 2.45) is 0 Å². The Hall–Kier alpha value is -1.72. The molecule has 1 aromatic heterocycles. The molecule has 0 aliphatic carbocycles. The van der Waals surface area contributed by atoms with E-state index in [1.54, 1.807) is 6.92 Å². The molecule has 3 rings (SSSR count). The molecule has 1 aliphatic rings. The second-order valence-electron chi connectivity index (χ2n) is 5.68. The standard InChI is InChI=1S/C16H19NO4.ClH/c1-10-7-14(19)21-16-11(10)8-13(18)15(20)12(16)9-17-5-3-2-4-6-17;/h7-8,18,20H,2-6,9H2,1H3;1H. The second kappa shape index (κ2) is 6.58. The van der Waals surface area contributed by atoms with E-state index in [1.165, 1.54) is 18.6 Å². The Morgan fingerprint density at radius 3 is 2.55 bits per heavy atom.